The maximum atomic E-state index is 12.3. The summed E-state index contributed by atoms with van der Waals surface area (Å²) in [6, 6.07) is 6.12. The van der Waals surface area contributed by atoms with Gasteiger partial charge in [0.25, 0.3) is 0 Å². The van der Waals surface area contributed by atoms with Gasteiger partial charge in [0.2, 0.25) is 5.91 Å². The third-order valence-corrected chi connectivity index (χ3v) is 2.99. The van der Waals surface area contributed by atoms with Crippen LogP contribution in [0.25, 0.3) is 0 Å². The van der Waals surface area contributed by atoms with E-state index in [1.54, 1.807) is 11.9 Å². The highest BCUT2D eigenvalue weighted by atomic mass is 35.5. The summed E-state index contributed by atoms with van der Waals surface area (Å²) in [6.07, 6.45) is 0. The van der Waals surface area contributed by atoms with Crippen LogP contribution in [0.15, 0.2) is 18.2 Å². The SMILES string of the molecule is Cc1cc(C)cc(N(C)C(=O)C(C)(C)CN)c1.Cl. The van der Waals surface area contributed by atoms with Gasteiger partial charge in [0.15, 0.2) is 0 Å². The van der Waals surface area contributed by atoms with Crippen LogP contribution in [0.4, 0.5) is 5.69 Å². The van der Waals surface area contributed by atoms with Gasteiger partial charge in [0.05, 0.1) is 5.41 Å². The molecule has 1 aromatic carbocycles. The van der Waals surface area contributed by atoms with Crippen LogP contribution in [-0.4, -0.2) is 19.5 Å². The Labute approximate surface area is 116 Å². The van der Waals surface area contributed by atoms with Crippen LogP contribution in [0.2, 0.25) is 0 Å². The molecule has 3 nitrogen and oxygen atoms in total. The number of aryl methyl sites for hydroxylation is 2. The summed E-state index contributed by atoms with van der Waals surface area (Å²) in [5.74, 6) is 0.0463. The second-order valence-corrected chi connectivity index (χ2v) is 5.30. The van der Waals surface area contributed by atoms with E-state index >= 15 is 0 Å². The molecule has 0 aliphatic rings. The van der Waals surface area contributed by atoms with E-state index < -0.39 is 5.41 Å². The fraction of sp³-hybridized carbons (Fsp3) is 0.500. The number of hydrogen-bond acceptors (Lipinski definition) is 2. The van der Waals surface area contributed by atoms with Crippen molar-refractivity contribution in [1.29, 1.82) is 0 Å². The number of nitrogens with two attached hydrogens (primary N) is 1. The molecule has 0 aromatic heterocycles. The van der Waals surface area contributed by atoms with Gasteiger partial charge in [-0.3, -0.25) is 4.79 Å². The zero-order chi connectivity index (χ0) is 13.2. The topological polar surface area (TPSA) is 46.3 Å². The van der Waals surface area contributed by atoms with Gasteiger partial charge in [-0.1, -0.05) is 6.07 Å². The van der Waals surface area contributed by atoms with E-state index in [1.807, 2.05) is 39.8 Å². The highest BCUT2D eigenvalue weighted by molar-refractivity contribution is 5.97. The van der Waals surface area contributed by atoms with Crippen molar-refractivity contribution < 1.29 is 4.79 Å². The van der Waals surface area contributed by atoms with E-state index in [4.69, 9.17) is 5.73 Å². The second-order valence-electron chi connectivity index (χ2n) is 5.30. The second kappa shape index (κ2) is 6.21. The molecule has 0 unspecified atom stereocenters. The predicted octanol–water partition coefficient (Wildman–Crippen LogP) is 2.67. The molecule has 0 bridgehead atoms. The van der Waals surface area contributed by atoms with Gasteiger partial charge in [-0.05, 0) is 51.0 Å². The molecule has 1 aromatic rings. The number of carbonyl (C=O) groups is 1. The number of rotatable bonds is 3. The first-order chi connectivity index (χ1) is 7.77. The summed E-state index contributed by atoms with van der Waals surface area (Å²) in [5.41, 5.74) is 8.35. The molecule has 18 heavy (non-hydrogen) atoms. The van der Waals surface area contributed by atoms with Crippen molar-refractivity contribution in [3.8, 4) is 0 Å². The fourth-order valence-corrected chi connectivity index (χ4v) is 1.80. The molecule has 0 saturated heterocycles. The lowest BCUT2D eigenvalue weighted by Gasteiger charge is -2.28. The number of carbonyl (C=O) groups excluding carboxylic acids is 1. The third kappa shape index (κ3) is 3.72. The van der Waals surface area contributed by atoms with Crippen LogP contribution in [0, 0.1) is 19.3 Å². The van der Waals surface area contributed by atoms with Crippen molar-refractivity contribution in [1.82, 2.24) is 0 Å². The van der Waals surface area contributed by atoms with E-state index in [2.05, 4.69) is 6.07 Å². The summed E-state index contributed by atoms with van der Waals surface area (Å²) >= 11 is 0. The highest BCUT2D eigenvalue weighted by Crippen LogP contribution is 2.23. The number of hydrogen-bond donors (Lipinski definition) is 1. The van der Waals surface area contributed by atoms with Gasteiger partial charge < -0.3 is 10.6 Å². The molecular weight excluding hydrogens is 248 g/mol. The zero-order valence-corrected chi connectivity index (χ0v) is 12.6. The molecule has 0 atom stereocenters. The number of amides is 1. The number of anilines is 1. The first kappa shape index (κ1) is 16.9. The van der Waals surface area contributed by atoms with Gasteiger partial charge in [-0.15, -0.1) is 12.4 Å². The van der Waals surface area contributed by atoms with Gasteiger partial charge in [-0.2, -0.15) is 0 Å². The van der Waals surface area contributed by atoms with Crippen LogP contribution < -0.4 is 10.6 Å². The quantitative estimate of drug-likeness (QED) is 0.918. The lowest BCUT2D eigenvalue weighted by Crippen LogP contribution is -2.43. The van der Waals surface area contributed by atoms with Crippen molar-refractivity contribution in [2.45, 2.75) is 27.7 Å². The minimum Gasteiger partial charge on any atom is -0.329 e. The maximum Gasteiger partial charge on any atom is 0.233 e. The molecule has 0 spiro atoms. The van der Waals surface area contributed by atoms with Crippen molar-refractivity contribution in [3.05, 3.63) is 29.3 Å². The Kier molecular flexibility index (Phi) is 5.84. The Morgan fingerprint density at radius 3 is 2.06 bits per heavy atom. The summed E-state index contributed by atoms with van der Waals surface area (Å²) in [4.78, 5) is 14.0. The molecular formula is C14H23ClN2O. The predicted molar refractivity (Wildman–Crippen MR) is 79.4 cm³/mol. The van der Waals surface area contributed by atoms with E-state index in [0.717, 1.165) is 16.8 Å². The average Bonchev–Trinajstić information content (AvgIpc) is 2.25. The van der Waals surface area contributed by atoms with Crippen molar-refractivity contribution in [2.24, 2.45) is 11.1 Å². The Morgan fingerprint density at radius 1 is 1.22 bits per heavy atom. The molecule has 4 heteroatoms. The third-order valence-electron chi connectivity index (χ3n) is 2.99. The summed E-state index contributed by atoms with van der Waals surface area (Å²) in [6.45, 7) is 8.15. The molecule has 0 saturated carbocycles. The van der Waals surface area contributed by atoms with E-state index in [-0.39, 0.29) is 18.3 Å². The Hall–Kier alpha value is -1.06. The lowest BCUT2D eigenvalue weighted by molar-refractivity contribution is -0.125. The van der Waals surface area contributed by atoms with Gasteiger partial charge in [0, 0.05) is 19.3 Å². The van der Waals surface area contributed by atoms with Gasteiger partial charge in [0.1, 0.15) is 0 Å². The molecule has 0 aliphatic heterocycles. The van der Waals surface area contributed by atoms with Crippen LogP contribution in [0.3, 0.4) is 0 Å². The van der Waals surface area contributed by atoms with Gasteiger partial charge in [-0.25, -0.2) is 0 Å². The van der Waals surface area contributed by atoms with Crippen molar-refractivity contribution >= 4 is 24.0 Å². The van der Waals surface area contributed by atoms with Crippen LogP contribution in [-0.2, 0) is 4.79 Å². The zero-order valence-electron chi connectivity index (χ0n) is 11.8. The monoisotopic (exact) mass is 270 g/mol. The molecule has 0 aliphatic carbocycles. The standard InChI is InChI=1S/C14H22N2O.ClH/c1-10-6-11(2)8-12(7-10)16(5)13(17)14(3,4)9-15;/h6-8H,9,15H2,1-5H3;1H. The summed E-state index contributed by atoms with van der Waals surface area (Å²) < 4.78 is 0. The van der Waals surface area contributed by atoms with Crippen LogP contribution in [0.1, 0.15) is 25.0 Å². The first-order valence-corrected chi connectivity index (χ1v) is 5.84. The fourth-order valence-electron chi connectivity index (χ4n) is 1.80. The molecule has 102 valence electrons. The normalized spacial score (nSPS) is 10.8. The molecule has 1 amide bonds. The summed E-state index contributed by atoms with van der Waals surface area (Å²) in [5, 5.41) is 0. The molecule has 1 rings (SSSR count). The largest absolute Gasteiger partial charge is 0.329 e. The van der Waals surface area contributed by atoms with Crippen molar-refractivity contribution in [2.75, 3.05) is 18.5 Å². The minimum absolute atomic E-state index is 0. The van der Waals surface area contributed by atoms with E-state index in [9.17, 15) is 4.79 Å². The van der Waals surface area contributed by atoms with Crippen LogP contribution in [0.5, 0.6) is 0 Å². The van der Waals surface area contributed by atoms with E-state index in [0.29, 0.717) is 6.54 Å². The molecule has 2 N–H and O–H groups in total. The number of halogens is 1. The smallest absolute Gasteiger partial charge is 0.233 e. The van der Waals surface area contributed by atoms with Gasteiger partial charge >= 0.3 is 0 Å². The minimum atomic E-state index is -0.521. The average molecular weight is 271 g/mol. The first-order valence-electron chi connectivity index (χ1n) is 5.84. The number of benzene rings is 1. The van der Waals surface area contributed by atoms with Crippen LogP contribution >= 0.6 is 12.4 Å². The van der Waals surface area contributed by atoms with Crippen molar-refractivity contribution in [3.63, 3.8) is 0 Å². The van der Waals surface area contributed by atoms with E-state index in [1.165, 1.54) is 0 Å². The Balaban J connectivity index is 0.00000289. The number of nitrogens with zero attached hydrogens (tertiary/aromatic N) is 1. The Morgan fingerprint density at radius 2 is 1.67 bits per heavy atom. The summed E-state index contributed by atoms with van der Waals surface area (Å²) in [7, 11) is 1.80. The highest BCUT2D eigenvalue weighted by Gasteiger charge is 2.29. The molecule has 0 radical (unpaired) electrons. The lowest BCUT2D eigenvalue weighted by atomic mass is 9.91. The Bertz CT molecular complexity index is 410. The molecule has 0 fully saturated rings. The maximum absolute atomic E-state index is 12.3. The molecule has 0 heterocycles.